The maximum absolute atomic E-state index is 12.6. The summed E-state index contributed by atoms with van der Waals surface area (Å²) in [5, 5.41) is 7.46. The first-order chi connectivity index (χ1) is 12.1. The van der Waals surface area contributed by atoms with E-state index >= 15 is 0 Å². The van der Waals surface area contributed by atoms with Crippen LogP contribution in [0.1, 0.15) is 25.6 Å². The minimum Gasteiger partial charge on any atom is -0.355 e. The number of imidazole rings is 1. The highest BCUT2D eigenvalue weighted by Gasteiger charge is 2.17. The average molecular weight is 370 g/mol. The Balaban J connectivity index is 1.65. The van der Waals surface area contributed by atoms with Gasteiger partial charge in [-0.1, -0.05) is 6.07 Å². The van der Waals surface area contributed by atoms with E-state index in [-0.39, 0.29) is 11.8 Å². The zero-order valence-electron chi connectivity index (χ0n) is 13.5. The van der Waals surface area contributed by atoms with E-state index in [1.165, 1.54) is 11.3 Å². The molecule has 3 aromatic heterocycles. The van der Waals surface area contributed by atoms with Crippen molar-refractivity contribution in [2.45, 2.75) is 6.92 Å². The lowest BCUT2D eigenvalue weighted by molar-refractivity contribution is 0.0961. The number of rotatable bonds is 3. The number of fused-ring (bicyclic) bond motifs is 3. The zero-order valence-corrected chi connectivity index (χ0v) is 15.1. The first-order valence-corrected chi connectivity index (χ1v) is 9.26. The van der Waals surface area contributed by atoms with Crippen LogP contribution in [-0.2, 0) is 0 Å². The molecule has 0 saturated carbocycles. The van der Waals surface area contributed by atoms with E-state index in [1.54, 1.807) is 36.6 Å². The zero-order chi connectivity index (χ0) is 17.6. The molecule has 0 fully saturated rings. The lowest BCUT2D eigenvalue weighted by atomic mass is 10.1. The van der Waals surface area contributed by atoms with Crippen LogP contribution in [0.2, 0.25) is 0 Å². The van der Waals surface area contributed by atoms with Crippen molar-refractivity contribution in [1.29, 1.82) is 0 Å². The number of amides is 2. The molecule has 0 spiro atoms. The van der Waals surface area contributed by atoms with Crippen LogP contribution in [0.4, 0.5) is 5.69 Å². The van der Waals surface area contributed by atoms with E-state index in [0.717, 1.165) is 20.9 Å². The van der Waals surface area contributed by atoms with E-state index in [1.807, 2.05) is 29.0 Å². The monoisotopic (exact) mass is 370 g/mol. The van der Waals surface area contributed by atoms with E-state index in [2.05, 4.69) is 15.6 Å². The van der Waals surface area contributed by atoms with Crippen molar-refractivity contribution in [2.24, 2.45) is 0 Å². The molecule has 4 aromatic rings. The molecule has 6 nitrogen and oxygen atoms in total. The molecular formula is C17H14N4O2S2. The van der Waals surface area contributed by atoms with Gasteiger partial charge in [-0.25, -0.2) is 4.98 Å². The van der Waals surface area contributed by atoms with E-state index in [0.29, 0.717) is 16.1 Å². The third-order valence-corrected chi connectivity index (χ3v) is 5.79. The largest absolute Gasteiger partial charge is 0.355 e. The molecule has 3 heterocycles. The fourth-order valence-corrected chi connectivity index (χ4v) is 4.39. The van der Waals surface area contributed by atoms with Gasteiger partial charge in [-0.3, -0.25) is 14.0 Å². The molecule has 0 unspecified atom stereocenters. The van der Waals surface area contributed by atoms with Gasteiger partial charge in [-0.05, 0) is 30.7 Å². The number of nitrogens with one attached hydrogen (secondary N) is 2. The predicted octanol–water partition coefficient (Wildman–Crippen LogP) is 3.53. The summed E-state index contributed by atoms with van der Waals surface area (Å²) in [5.74, 6) is -0.381. The summed E-state index contributed by atoms with van der Waals surface area (Å²) in [6, 6.07) is 7.12. The number of benzene rings is 1. The van der Waals surface area contributed by atoms with Gasteiger partial charge in [0, 0.05) is 29.9 Å². The fraction of sp³-hybridized carbons (Fsp3) is 0.118. The van der Waals surface area contributed by atoms with E-state index in [4.69, 9.17) is 0 Å². The van der Waals surface area contributed by atoms with Crippen LogP contribution in [0, 0.1) is 6.92 Å². The molecule has 0 aliphatic heterocycles. The van der Waals surface area contributed by atoms with Gasteiger partial charge in [0.1, 0.15) is 4.83 Å². The smallest absolute Gasteiger partial charge is 0.265 e. The lowest BCUT2D eigenvalue weighted by Crippen LogP contribution is -2.20. The summed E-state index contributed by atoms with van der Waals surface area (Å²) < 4.78 is 1.98. The second-order valence-electron chi connectivity index (χ2n) is 5.48. The molecule has 4 rings (SSSR count). The summed E-state index contributed by atoms with van der Waals surface area (Å²) in [4.78, 5) is 31.4. The molecular weight excluding hydrogens is 356 g/mol. The van der Waals surface area contributed by atoms with Crippen LogP contribution in [0.3, 0.4) is 0 Å². The highest BCUT2D eigenvalue weighted by molar-refractivity contribution is 7.21. The number of aromatic nitrogens is 2. The van der Waals surface area contributed by atoms with Crippen molar-refractivity contribution in [3.8, 4) is 0 Å². The van der Waals surface area contributed by atoms with Crippen molar-refractivity contribution in [3.05, 3.63) is 51.8 Å². The molecule has 0 radical (unpaired) electrons. The SMILES string of the molecule is CNC(=O)c1cccc(NC(=O)c2cc3c(nc4sccn43)s2)c1C. The van der Waals surface area contributed by atoms with Crippen molar-refractivity contribution in [2.75, 3.05) is 12.4 Å². The quantitative estimate of drug-likeness (QED) is 0.579. The Morgan fingerprint density at radius 3 is 2.88 bits per heavy atom. The Bertz CT molecular complexity index is 1120. The maximum Gasteiger partial charge on any atom is 0.265 e. The van der Waals surface area contributed by atoms with Crippen molar-refractivity contribution in [1.82, 2.24) is 14.7 Å². The topological polar surface area (TPSA) is 75.5 Å². The first-order valence-electron chi connectivity index (χ1n) is 7.56. The molecule has 0 aliphatic carbocycles. The number of hydrogen-bond donors (Lipinski definition) is 2. The van der Waals surface area contributed by atoms with Crippen LogP contribution < -0.4 is 10.6 Å². The average Bonchev–Trinajstić information content (AvgIpc) is 3.27. The van der Waals surface area contributed by atoms with Gasteiger partial charge in [0.25, 0.3) is 11.8 Å². The summed E-state index contributed by atoms with van der Waals surface area (Å²) in [6.45, 7) is 1.82. The summed E-state index contributed by atoms with van der Waals surface area (Å²) >= 11 is 2.92. The number of carbonyl (C=O) groups is 2. The van der Waals surface area contributed by atoms with Crippen molar-refractivity contribution >= 4 is 55.5 Å². The Labute approximate surface area is 151 Å². The van der Waals surface area contributed by atoms with Crippen molar-refractivity contribution in [3.63, 3.8) is 0 Å². The number of nitrogens with zero attached hydrogens (tertiary/aromatic N) is 2. The molecule has 1 aromatic carbocycles. The van der Waals surface area contributed by atoms with Gasteiger partial charge >= 0.3 is 0 Å². The van der Waals surface area contributed by atoms with Crippen LogP contribution in [0.5, 0.6) is 0 Å². The second-order valence-corrected chi connectivity index (χ2v) is 7.38. The van der Waals surface area contributed by atoms with Gasteiger partial charge < -0.3 is 10.6 Å². The molecule has 2 amide bonds. The standard InChI is InChI=1S/C17H14N4O2S2/c1-9-10(14(22)18-2)4-3-5-11(9)19-15(23)13-8-12-16(25-13)20-17-21(12)6-7-24-17/h3-8H,1-2H3,(H,18,22)(H,19,23). The third-order valence-electron chi connectivity index (χ3n) is 4.02. The van der Waals surface area contributed by atoms with Gasteiger partial charge in [0.2, 0.25) is 0 Å². The Hall–Kier alpha value is -2.71. The minimum atomic E-state index is -0.205. The normalized spacial score (nSPS) is 11.1. The third kappa shape index (κ3) is 2.59. The minimum absolute atomic E-state index is 0.177. The van der Waals surface area contributed by atoms with Crippen LogP contribution in [0.15, 0.2) is 35.8 Å². The van der Waals surface area contributed by atoms with E-state index < -0.39 is 0 Å². The molecule has 0 aliphatic rings. The molecule has 2 N–H and O–H groups in total. The Morgan fingerprint density at radius 2 is 2.08 bits per heavy atom. The van der Waals surface area contributed by atoms with Gasteiger partial charge in [0.05, 0.1) is 10.4 Å². The lowest BCUT2D eigenvalue weighted by Gasteiger charge is -2.11. The number of thiazole rings is 1. The number of carbonyl (C=O) groups excluding carboxylic acids is 2. The molecule has 0 bridgehead atoms. The Morgan fingerprint density at radius 1 is 1.24 bits per heavy atom. The molecule has 126 valence electrons. The predicted molar refractivity (Wildman–Crippen MR) is 101 cm³/mol. The molecule has 25 heavy (non-hydrogen) atoms. The second kappa shape index (κ2) is 5.98. The highest BCUT2D eigenvalue weighted by Crippen LogP contribution is 2.29. The maximum atomic E-state index is 12.6. The summed E-state index contributed by atoms with van der Waals surface area (Å²) in [5.41, 5.74) is 2.84. The van der Waals surface area contributed by atoms with Gasteiger partial charge in [-0.2, -0.15) is 0 Å². The van der Waals surface area contributed by atoms with Crippen LogP contribution in [0.25, 0.3) is 15.3 Å². The van der Waals surface area contributed by atoms with Gasteiger partial charge in [0.15, 0.2) is 4.96 Å². The number of anilines is 1. The number of thiophene rings is 1. The van der Waals surface area contributed by atoms with Crippen molar-refractivity contribution < 1.29 is 9.59 Å². The van der Waals surface area contributed by atoms with Crippen LogP contribution in [-0.4, -0.2) is 28.2 Å². The summed E-state index contributed by atoms with van der Waals surface area (Å²) in [6.07, 6.45) is 1.95. The summed E-state index contributed by atoms with van der Waals surface area (Å²) in [7, 11) is 1.58. The molecule has 8 heteroatoms. The molecule has 0 atom stereocenters. The molecule has 0 saturated heterocycles. The van der Waals surface area contributed by atoms with Gasteiger partial charge in [-0.15, -0.1) is 22.7 Å². The first kappa shape index (κ1) is 15.8. The number of hydrogen-bond acceptors (Lipinski definition) is 5. The van der Waals surface area contributed by atoms with Crippen LogP contribution >= 0.6 is 22.7 Å². The highest BCUT2D eigenvalue weighted by atomic mass is 32.1. The fourth-order valence-electron chi connectivity index (χ4n) is 2.70. The van der Waals surface area contributed by atoms with E-state index in [9.17, 15) is 9.59 Å². The Kier molecular flexibility index (Phi) is 3.78.